The number of ether oxygens (including phenoxy) is 3. The highest BCUT2D eigenvalue weighted by molar-refractivity contribution is 5.86. The Morgan fingerprint density at radius 2 is 1.92 bits per heavy atom. The zero-order chi connectivity index (χ0) is 28.0. The van der Waals surface area contributed by atoms with Crippen LogP contribution in [0.2, 0.25) is 0 Å². The van der Waals surface area contributed by atoms with Crippen LogP contribution in [-0.2, 0) is 40.5 Å². The third-order valence-electron chi connectivity index (χ3n) is 7.66. The Bertz CT molecular complexity index is 1210. The van der Waals surface area contributed by atoms with Crippen LogP contribution >= 0.6 is 0 Å². The highest BCUT2D eigenvalue weighted by Gasteiger charge is 2.69. The SMILES string of the molecule is CC[C@]12c3c4ccc(O)c3O[C@H]1C(OC(=O)C[C@H](O)C(=O)O[C@H](CC(=O)O)C(=O)O)=CC[C@@]2(O)[C@H](NC)C4. The van der Waals surface area contributed by atoms with Gasteiger partial charge in [0.05, 0.1) is 23.9 Å². The lowest BCUT2D eigenvalue weighted by Crippen LogP contribution is -2.70. The van der Waals surface area contributed by atoms with Crippen molar-refractivity contribution in [1.29, 1.82) is 0 Å². The molecule has 13 heteroatoms. The van der Waals surface area contributed by atoms with Crippen LogP contribution in [0.4, 0.5) is 0 Å². The van der Waals surface area contributed by atoms with Crippen molar-refractivity contribution in [2.45, 2.75) is 74.4 Å². The standard InChI is InChI=1S/C25H29NO12/c1-3-24-19-11-4-5-12(27)20(19)38-21(24)14(6-7-25(24,35)16(8-11)26-2)36-18(31)9-13(28)23(34)37-15(22(32)33)10-17(29)30/h4-6,13,15-16,21,26-28,35H,3,7-10H2,1-2H3,(H,29,30)(H,32,33)/t13-,15+,16+,21-,24-,25+/m0/s1. The number of nitrogens with one attached hydrogen (secondary N) is 1. The van der Waals surface area contributed by atoms with E-state index in [0.29, 0.717) is 18.4 Å². The van der Waals surface area contributed by atoms with E-state index in [0.717, 1.165) is 5.56 Å². The maximum atomic E-state index is 12.7. The van der Waals surface area contributed by atoms with Gasteiger partial charge in [0.1, 0.15) is 5.76 Å². The second kappa shape index (κ2) is 9.89. The van der Waals surface area contributed by atoms with E-state index in [1.54, 1.807) is 13.1 Å². The molecule has 0 aromatic heterocycles. The van der Waals surface area contributed by atoms with Crippen molar-refractivity contribution in [3.63, 3.8) is 0 Å². The average Bonchev–Trinajstić information content (AvgIpc) is 3.23. The molecule has 206 valence electrons. The van der Waals surface area contributed by atoms with Gasteiger partial charge >= 0.3 is 23.9 Å². The monoisotopic (exact) mass is 535 g/mol. The summed E-state index contributed by atoms with van der Waals surface area (Å²) in [6, 6.07) is 2.88. The van der Waals surface area contributed by atoms with Gasteiger partial charge in [0.2, 0.25) is 6.10 Å². The summed E-state index contributed by atoms with van der Waals surface area (Å²) in [6.45, 7) is 1.85. The van der Waals surface area contributed by atoms with Crippen molar-refractivity contribution in [2.24, 2.45) is 0 Å². The minimum atomic E-state index is -2.12. The molecule has 0 radical (unpaired) electrons. The molecule has 0 saturated carbocycles. The summed E-state index contributed by atoms with van der Waals surface area (Å²) in [7, 11) is 1.73. The smallest absolute Gasteiger partial charge is 0.345 e. The Hall–Kier alpha value is -3.68. The molecular formula is C25H29NO12. The third kappa shape index (κ3) is 4.16. The number of carboxylic acid groups (broad SMARTS) is 2. The Kier molecular flexibility index (Phi) is 7.12. The van der Waals surface area contributed by atoms with Crippen molar-refractivity contribution in [1.82, 2.24) is 5.32 Å². The molecule has 1 aliphatic heterocycles. The van der Waals surface area contributed by atoms with Gasteiger partial charge in [-0.1, -0.05) is 13.0 Å². The number of likely N-dealkylation sites (N-methyl/N-ethyl adjacent to an activating group) is 1. The predicted molar refractivity (Wildman–Crippen MR) is 125 cm³/mol. The lowest BCUT2D eigenvalue weighted by atomic mass is 9.52. The van der Waals surface area contributed by atoms with E-state index in [2.05, 4.69) is 10.1 Å². The number of carbonyl (C=O) groups is 4. The summed E-state index contributed by atoms with van der Waals surface area (Å²) in [5.74, 6) is -5.77. The molecule has 1 aromatic rings. The molecule has 0 saturated heterocycles. The lowest BCUT2D eigenvalue weighted by Gasteiger charge is -2.56. The average molecular weight is 536 g/mol. The highest BCUT2D eigenvalue weighted by Crippen LogP contribution is 2.63. The van der Waals surface area contributed by atoms with Crippen molar-refractivity contribution >= 4 is 23.9 Å². The molecule has 38 heavy (non-hydrogen) atoms. The first-order valence-electron chi connectivity index (χ1n) is 12.0. The molecule has 2 aliphatic carbocycles. The fraction of sp³-hybridized carbons (Fsp3) is 0.520. The number of benzene rings is 1. The minimum Gasteiger partial charge on any atom is -0.504 e. The van der Waals surface area contributed by atoms with Gasteiger partial charge in [0, 0.05) is 18.0 Å². The number of carbonyl (C=O) groups excluding carboxylic acids is 2. The third-order valence-corrected chi connectivity index (χ3v) is 7.66. The van der Waals surface area contributed by atoms with Crippen LogP contribution in [0.5, 0.6) is 11.5 Å². The van der Waals surface area contributed by atoms with E-state index in [4.69, 9.17) is 19.7 Å². The molecule has 0 amide bonds. The van der Waals surface area contributed by atoms with Crippen LogP contribution in [0.3, 0.4) is 0 Å². The minimum absolute atomic E-state index is 0.0229. The normalized spacial score (nSPS) is 28.3. The number of rotatable bonds is 10. The highest BCUT2D eigenvalue weighted by atomic mass is 16.6. The maximum absolute atomic E-state index is 12.7. The van der Waals surface area contributed by atoms with Crippen molar-refractivity contribution in [3.8, 4) is 11.5 Å². The number of hydrogen-bond donors (Lipinski definition) is 6. The summed E-state index contributed by atoms with van der Waals surface area (Å²) in [5.41, 5.74) is -0.938. The van der Waals surface area contributed by atoms with E-state index < -0.39 is 66.0 Å². The zero-order valence-electron chi connectivity index (χ0n) is 20.7. The number of phenolic OH excluding ortho intramolecular Hbond substituents is 1. The summed E-state index contributed by atoms with van der Waals surface area (Å²) >= 11 is 0. The number of hydrogen-bond acceptors (Lipinski definition) is 11. The second-order valence-corrected chi connectivity index (χ2v) is 9.61. The van der Waals surface area contributed by atoms with Crippen molar-refractivity contribution in [2.75, 3.05) is 7.05 Å². The quantitative estimate of drug-likeness (QED) is 0.213. The number of phenols is 1. The molecule has 4 rings (SSSR count). The number of aromatic hydroxyl groups is 1. The number of aliphatic hydroxyl groups is 2. The van der Waals surface area contributed by atoms with Crippen molar-refractivity contribution < 1.29 is 58.9 Å². The Morgan fingerprint density at radius 1 is 1.21 bits per heavy atom. The van der Waals surface area contributed by atoms with Gasteiger partial charge in [0.15, 0.2) is 23.7 Å². The first-order chi connectivity index (χ1) is 17.9. The molecular weight excluding hydrogens is 506 g/mol. The van der Waals surface area contributed by atoms with E-state index >= 15 is 0 Å². The summed E-state index contributed by atoms with van der Waals surface area (Å²) < 4.78 is 16.1. The zero-order valence-corrected chi connectivity index (χ0v) is 20.7. The van der Waals surface area contributed by atoms with Crippen LogP contribution in [0.25, 0.3) is 0 Å². The molecule has 1 heterocycles. The topological polar surface area (TPSA) is 209 Å². The van der Waals surface area contributed by atoms with Gasteiger partial charge in [-0.15, -0.1) is 0 Å². The Morgan fingerprint density at radius 3 is 2.53 bits per heavy atom. The summed E-state index contributed by atoms with van der Waals surface area (Å²) in [4.78, 5) is 46.7. The van der Waals surface area contributed by atoms with Crippen LogP contribution < -0.4 is 10.1 Å². The summed E-state index contributed by atoms with van der Waals surface area (Å²) in [5, 5.41) is 53.5. The summed E-state index contributed by atoms with van der Waals surface area (Å²) in [6.07, 6.45) is -4.74. The molecule has 6 N–H and O–H groups in total. The van der Waals surface area contributed by atoms with E-state index in [9.17, 15) is 34.5 Å². The van der Waals surface area contributed by atoms with Crippen LogP contribution in [-0.4, -0.2) is 86.4 Å². The first kappa shape index (κ1) is 27.4. The molecule has 3 aliphatic rings. The molecule has 0 bridgehead atoms. The van der Waals surface area contributed by atoms with Gasteiger partial charge in [-0.3, -0.25) is 9.59 Å². The lowest BCUT2D eigenvalue weighted by molar-refractivity contribution is -0.174. The number of esters is 2. The van der Waals surface area contributed by atoms with Crippen LogP contribution in [0, 0.1) is 0 Å². The van der Waals surface area contributed by atoms with E-state index in [-0.39, 0.29) is 29.7 Å². The van der Waals surface area contributed by atoms with E-state index in [1.165, 1.54) is 12.1 Å². The van der Waals surface area contributed by atoms with Gasteiger partial charge < -0.3 is 45.1 Å². The van der Waals surface area contributed by atoms with Gasteiger partial charge in [0.25, 0.3) is 0 Å². The van der Waals surface area contributed by atoms with E-state index in [1.807, 2.05) is 6.92 Å². The van der Waals surface area contributed by atoms with Gasteiger partial charge in [-0.25, -0.2) is 9.59 Å². The van der Waals surface area contributed by atoms with Gasteiger partial charge in [-0.2, -0.15) is 0 Å². The number of carboxylic acids is 2. The Labute approximate surface area is 216 Å². The molecule has 13 nitrogen and oxygen atoms in total. The maximum Gasteiger partial charge on any atom is 0.345 e. The fourth-order valence-electron chi connectivity index (χ4n) is 5.95. The molecule has 0 spiro atoms. The largest absolute Gasteiger partial charge is 0.504 e. The van der Waals surface area contributed by atoms with Crippen LogP contribution in [0.1, 0.15) is 43.7 Å². The number of aliphatic hydroxyl groups excluding tert-OH is 1. The van der Waals surface area contributed by atoms with Crippen LogP contribution in [0.15, 0.2) is 24.0 Å². The Balaban J connectivity index is 1.56. The first-order valence-corrected chi connectivity index (χ1v) is 12.0. The predicted octanol–water partition coefficient (Wildman–Crippen LogP) is -0.271. The second-order valence-electron chi connectivity index (χ2n) is 9.61. The molecule has 0 fully saturated rings. The van der Waals surface area contributed by atoms with Crippen molar-refractivity contribution in [3.05, 3.63) is 35.1 Å². The molecule has 1 aromatic carbocycles. The van der Waals surface area contributed by atoms with Gasteiger partial charge in [-0.05, 0) is 37.6 Å². The fourth-order valence-corrected chi connectivity index (χ4v) is 5.95. The molecule has 6 atom stereocenters. The number of aliphatic carboxylic acids is 2. The molecule has 0 unspecified atom stereocenters.